The molecule has 0 heterocycles. The van der Waals surface area contributed by atoms with E-state index in [1.807, 2.05) is 45.9 Å². The van der Waals surface area contributed by atoms with Crippen LogP contribution < -0.4 is 5.43 Å². The Hall–Kier alpha value is -1.84. The van der Waals surface area contributed by atoms with Gasteiger partial charge in [0.2, 0.25) is 5.91 Å². The van der Waals surface area contributed by atoms with Crippen LogP contribution in [-0.2, 0) is 4.79 Å². The predicted molar refractivity (Wildman–Crippen MR) is 87.2 cm³/mol. The second-order valence-electron chi connectivity index (χ2n) is 7.14. The zero-order valence-corrected chi connectivity index (χ0v) is 14.0. The summed E-state index contributed by atoms with van der Waals surface area (Å²) in [6.45, 7) is 7.77. The van der Waals surface area contributed by atoms with Crippen molar-refractivity contribution in [3.05, 3.63) is 35.4 Å². The lowest BCUT2D eigenvalue weighted by molar-refractivity contribution is -0.143. The quantitative estimate of drug-likeness (QED) is 0.851. The highest BCUT2D eigenvalue weighted by molar-refractivity contribution is 5.95. The maximum absolute atomic E-state index is 12.7. The fourth-order valence-corrected chi connectivity index (χ4v) is 2.86. The lowest BCUT2D eigenvalue weighted by Gasteiger charge is -2.37. The van der Waals surface area contributed by atoms with E-state index in [9.17, 15) is 9.59 Å². The van der Waals surface area contributed by atoms with E-state index in [0.29, 0.717) is 5.56 Å². The summed E-state index contributed by atoms with van der Waals surface area (Å²) in [5.41, 5.74) is 3.98. The van der Waals surface area contributed by atoms with Crippen LogP contribution in [0.3, 0.4) is 0 Å². The zero-order chi connectivity index (χ0) is 16.3. The number of aryl methyl sites for hydroxylation is 1. The largest absolute Gasteiger partial charge is 0.273 e. The molecule has 1 aromatic rings. The molecule has 1 N–H and O–H groups in total. The molecule has 0 aliphatic heterocycles. The van der Waals surface area contributed by atoms with Crippen LogP contribution in [0.4, 0.5) is 0 Å². The Labute approximate surface area is 132 Å². The van der Waals surface area contributed by atoms with Gasteiger partial charge in [0, 0.05) is 11.5 Å². The summed E-state index contributed by atoms with van der Waals surface area (Å²) in [5, 5.41) is 1.52. The van der Waals surface area contributed by atoms with Crippen molar-refractivity contribution >= 4 is 11.8 Å². The molecular weight excluding hydrogens is 276 g/mol. The second-order valence-corrected chi connectivity index (χ2v) is 7.14. The van der Waals surface area contributed by atoms with Crippen LogP contribution in [0.5, 0.6) is 0 Å². The first kappa shape index (κ1) is 16.5. The topological polar surface area (TPSA) is 49.4 Å². The molecule has 1 aliphatic carbocycles. The molecule has 0 spiro atoms. The van der Waals surface area contributed by atoms with Crippen molar-refractivity contribution in [1.82, 2.24) is 10.4 Å². The SMILES string of the molecule is Cc1cccc(C(=O)NN(C(=O)C2CCCC2)C(C)(C)C)c1. The Morgan fingerprint density at radius 3 is 2.36 bits per heavy atom. The van der Waals surface area contributed by atoms with E-state index in [4.69, 9.17) is 0 Å². The van der Waals surface area contributed by atoms with Crippen LogP contribution in [0.1, 0.15) is 62.4 Å². The van der Waals surface area contributed by atoms with Crippen molar-refractivity contribution in [2.24, 2.45) is 5.92 Å². The monoisotopic (exact) mass is 302 g/mol. The highest BCUT2D eigenvalue weighted by atomic mass is 16.2. The number of nitrogens with one attached hydrogen (secondary N) is 1. The first-order valence-electron chi connectivity index (χ1n) is 8.01. The van der Waals surface area contributed by atoms with Gasteiger partial charge in [0.1, 0.15) is 0 Å². The minimum absolute atomic E-state index is 0.0333. The number of rotatable bonds is 2. The van der Waals surface area contributed by atoms with Gasteiger partial charge >= 0.3 is 0 Å². The number of hydrogen-bond donors (Lipinski definition) is 1. The lowest BCUT2D eigenvalue weighted by Crippen LogP contribution is -2.57. The summed E-state index contributed by atoms with van der Waals surface area (Å²) in [6, 6.07) is 7.39. The van der Waals surface area contributed by atoms with Crippen molar-refractivity contribution in [2.45, 2.75) is 58.9 Å². The van der Waals surface area contributed by atoms with Crippen molar-refractivity contribution in [3.8, 4) is 0 Å². The molecule has 1 aliphatic rings. The molecule has 22 heavy (non-hydrogen) atoms. The van der Waals surface area contributed by atoms with Gasteiger partial charge in [0.05, 0.1) is 5.54 Å². The van der Waals surface area contributed by atoms with Gasteiger partial charge in [0.15, 0.2) is 0 Å². The molecule has 4 heteroatoms. The van der Waals surface area contributed by atoms with E-state index in [1.54, 1.807) is 6.07 Å². The van der Waals surface area contributed by atoms with Gasteiger partial charge in [-0.3, -0.25) is 15.0 Å². The Bertz CT molecular complexity index is 554. The van der Waals surface area contributed by atoms with Crippen molar-refractivity contribution in [1.29, 1.82) is 0 Å². The van der Waals surface area contributed by atoms with Gasteiger partial charge in [-0.05, 0) is 52.7 Å². The lowest BCUT2D eigenvalue weighted by atomic mass is 10.0. The van der Waals surface area contributed by atoms with E-state index >= 15 is 0 Å². The average molecular weight is 302 g/mol. The molecule has 0 unspecified atom stereocenters. The molecule has 120 valence electrons. The average Bonchev–Trinajstić information content (AvgIpc) is 2.96. The van der Waals surface area contributed by atoms with Crippen LogP contribution in [0.25, 0.3) is 0 Å². The van der Waals surface area contributed by atoms with Crippen LogP contribution in [0.2, 0.25) is 0 Å². The molecular formula is C18H26N2O2. The highest BCUT2D eigenvalue weighted by Gasteiger charge is 2.34. The first-order valence-corrected chi connectivity index (χ1v) is 8.01. The number of hydrazine groups is 1. The van der Waals surface area contributed by atoms with E-state index in [1.165, 1.54) is 5.01 Å². The number of amides is 2. The van der Waals surface area contributed by atoms with E-state index in [0.717, 1.165) is 31.2 Å². The highest BCUT2D eigenvalue weighted by Crippen LogP contribution is 2.28. The van der Waals surface area contributed by atoms with Gasteiger partial charge in [0.25, 0.3) is 5.91 Å². The fraction of sp³-hybridized carbons (Fsp3) is 0.556. The molecule has 1 aromatic carbocycles. The summed E-state index contributed by atoms with van der Waals surface area (Å²) < 4.78 is 0. The molecule has 0 radical (unpaired) electrons. The van der Waals surface area contributed by atoms with E-state index in [-0.39, 0.29) is 17.7 Å². The number of benzene rings is 1. The van der Waals surface area contributed by atoms with Gasteiger partial charge < -0.3 is 0 Å². The molecule has 4 nitrogen and oxygen atoms in total. The summed E-state index contributed by atoms with van der Waals surface area (Å²) in [7, 11) is 0. The van der Waals surface area contributed by atoms with Crippen molar-refractivity contribution < 1.29 is 9.59 Å². The molecule has 1 saturated carbocycles. The maximum atomic E-state index is 12.7. The smallest absolute Gasteiger partial charge is 0.269 e. The minimum atomic E-state index is -0.445. The van der Waals surface area contributed by atoms with Crippen molar-refractivity contribution in [3.63, 3.8) is 0 Å². The molecule has 0 atom stereocenters. The van der Waals surface area contributed by atoms with Crippen LogP contribution >= 0.6 is 0 Å². The number of carbonyl (C=O) groups excluding carboxylic acids is 2. The van der Waals surface area contributed by atoms with Gasteiger partial charge in [-0.2, -0.15) is 0 Å². The van der Waals surface area contributed by atoms with Crippen LogP contribution in [0, 0.1) is 12.8 Å². The number of nitrogens with zero attached hydrogens (tertiary/aromatic N) is 1. The minimum Gasteiger partial charge on any atom is -0.273 e. The normalized spacial score (nSPS) is 15.6. The summed E-state index contributed by atoms with van der Waals surface area (Å²) in [5.74, 6) is -0.159. The molecule has 1 fully saturated rings. The molecule has 2 amide bonds. The Kier molecular flexibility index (Phi) is 4.89. The third kappa shape index (κ3) is 3.87. The summed E-state index contributed by atoms with van der Waals surface area (Å²) >= 11 is 0. The summed E-state index contributed by atoms with van der Waals surface area (Å²) in [4.78, 5) is 25.2. The van der Waals surface area contributed by atoms with Gasteiger partial charge in [-0.1, -0.05) is 30.5 Å². The molecule has 0 saturated heterocycles. The Balaban J connectivity index is 2.16. The first-order chi connectivity index (χ1) is 10.3. The predicted octanol–water partition coefficient (Wildman–Crippen LogP) is 3.46. The maximum Gasteiger partial charge on any atom is 0.269 e. The number of carbonyl (C=O) groups is 2. The van der Waals surface area contributed by atoms with Crippen LogP contribution in [0.15, 0.2) is 24.3 Å². The third-order valence-corrected chi connectivity index (χ3v) is 4.09. The van der Waals surface area contributed by atoms with Gasteiger partial charge in [-0.15, -0.1) is 0 Å². The third-order valence-electron chi connectivity index (χ3n) is 4.09. The van der Waals surface area contributed by atoms with Gasteiger partial charge in [-0.25, -0.2) is 5.01 Å². The molecule has 2 rings (SSSR count). The Morgan fingerprint density at radius 2 is 1.82 bits per heavy atom. The van der Waals surface area contributed by atoms with Crippen LogP contribution in [-0.4, -0.2) is 22.4 Å². The Morgan fingerprint density at radius 1 is 1.18 bits per heavy atom. The number of hydrogen-bond acceptors (Lipinski definition) is 2. The van der Waals surface area contributed by atoms with E-state index in [2.05, 4.69) is 5.43 Å². The fourth-order valence-electron chi connectivity index (χ4n) is 2.86. The standard InChI is InChI=1S/C18H26N2O2/c1-13-8-7-11-15(12-13)16(21)19-20(18(2,3)4)17(22)14-9-5-6-10-14/h7-8,11-12,14H,5-6,9-10H2,1-4H3,(H,19,21). The summed E-state index contributed by atoms with van der Waals surface area (Å²) in [6.07, 6.45) is 4.04. The zero-order valence-electron chi connectivity index (χ0n) is 14.0. The molecule has 0 bridgehead atoms. The molecule has 0 aromatic heterocycles. The van der Waals surface area contributed by atoms with Crippen molar-refractivity contribution in [2.75, 3.05) is 0 Å². The van der Waals surface area contributed by atoms with E-state index < -0.39 is 5.54 Å². The second kappa shape index (κ2) is 6.51.